The predicted molar refractivity (Wildman–Crippen MR) is 72.6 cm³/mol. The van der Waals surface area contributed by atoms with E-state index >= 15 is 0 Å². The number of carboxylic acids is 1. The number of nitrogens with zero attached hydrogens (tertiary/aromatic N) is 1. The molecule has 2 N–H and O–H groups in total. The lowest BCUT2D eigenvalue weighted by molar-refractivity contribution is -0.385. The highest BCUT2D eigenvalue weighted by Gasteiger charge is 2.20. The van der Waals surface area contributed by atoms with Gasteiger partial charge in [0.2, 0.25) is 0 Å². The number of carbonyl (C=O) groups is 1. The topological polar surface area (TPSA) is 92.5 Å². The number of alkyl halides is 2. The van der Waals surface area contributed by atoms with Crippen LogP contribution in [0.4, 0.5) is 20.2 Å². The average molecular weight is 302 g/mol. The summed E-state index contributed by atoms with van der Waals surface area (Å²) in [5.74, 6) is -1.04. The molecule has 0 aliphatic carbocycles. The zero-order valence-corrected chi connectivity index (χ0v) is 11.4. The van der Waals surface area contributed by atoms with Crippen LogP contribution < -0.4 is 5.32 Å². The first-order valence-corrected chi connectivity index (χ1v) is 6.40. The Morgan fingerprint density at radius 1 is 1.48 bits per heavy atom. The van der Waals surface area contributed by atoms with Gasteiger partial charge in [0.25, 0.3) is 12.1 Å². The molecule has 1 atom stereocenters. The molecule has 21 heavy (non-hydrogen) atoms. The molecule has 1 rings (SSSR count). The number of benzene rings is 1. The van der Waals surface area contributed by atoms with Gasteiger partial charge in [0.05, 0.1) is 11.3 Å². The Kier molecular flexibility index (Phi) is 6.01. The molecule has 0 radical (unpaired) electrons. The lowest BCUT2D eigenvalue weighted by Crippen LogP contribution is -2.23. The standard InChI is InChI=1S/C13H16F2N2O4/c1-2-3-8(6-12(18)19)16-11-5-4-9(17(20)21)7-10(11)13(14)15/h4-5,7-8,13,16H,2-3,6H2,1H3,(H,18,19). The van der Waals surface area contributed by atoms with E-state index in [-0.39, 0.29) is 12.1 Å². The Labute approximate surface area is 119 Å². The molecule has 1 aromatic carbocycles. The Balaban J connectivity index is 3.04. The number of nitro benzene ring substituents is 1. The fraction of sp³-hybridized carbons (Fsp3) is 0.462. The van der Waals surface area contributed by atoms with Gasteiger partial charge in [-0.2, -0.15) is 0 Å². The number of rotatable bonds is 8. The quantitative estimate of drug-likeness (QED) is 0.565. The summed E-state index contributed by atoms with van der Waals surface area (Å²) in [5.41, 5.74) is -0.910. The summed E-state index contributed by atoms with van der Waals surface area (Å²) in [4.78, 5) is 20.6. The normalized spacial score (nSPS) is 12.2. The minimum Gasteiger partial charge on any atom is -0.481 e. The van der Waals surface area contributed by atoms with Crippen LogP contribution in [0.25, 0.3) is 0 Å². The number of anilines is 1. The second-order valence-electron chi connectivity index (χ2n) is 4.56. The van der Waals surface area contributed by atoms with E-state index in [0.29, 0.717) is 12.8 Å². The van der Waals surface area contributed by atoms with Gasteiger partial charge in [0, 0.05) is 29.4 Å². The third-order valence-electron chi connectivity index (χ3n) is 2.90. The van der Waals surface area contributed by atoms with E-state index in [1.165, 1.54) is 6.07 Å². The molecule has 0 heterocycles. The van der Waals surface area contributed by atoms with E-state index in [4.69, 9.17) is 5.11 Å². The zero-order valence-electron chi connectivity index (χ0n) is 11.4. The molecular weight excluding hydrogens is 286 g/mol. The molecule has 0 saturated carbocycles. The molecule has 8 heteroatoms. The molecule has 0 fully saturated rings. The van der Waals surface area contributed by atoms with E-state index in [9.17, 15) is 23.7 Å². The minimum absolute atomic E-state index is 0.0234. The van der Waals surface area contributed by atoms with Crippen LogP contribution >= 0.6 is 0 Å². The second kappa shape index (κ2) is 7.51. The van der Waals surface area contributed by atoms with Crippen molar-refractivity contribution in [3.8, 4) is 0 Å². The molecule has 1 aromatic rings. The number of non-ortho nitro benzene ring substituents is 1. The molecule has 0 aliphatic heterocycles. The Bertz CT molecular complexity index is 523. The van der Waals surface area contributed by atoms with Crippen LogP contribution in [-0.4, -0.2) is 22.0 Å². The van der Waals surface area contributed by atoms with Crippen molar-refractivity contribution in [2.75, 3.05) is 5.32 Å². The van der Waals surface area contributed by atoms with Crippen LogP contribution in [0.3, 0.4) is 0 Å². The maximum atomic E-state index is 13.0. The summed E-state index contributed by atoms with van der Waals surface area (Å²) < 4.78 is 26.0. The van der Waals surface area contributed by atoms with Crippen molar-refractivity contribution < 1.29 is 23.6 Å². The molecule has 0 aromatic heterocycles. The smallest absolute Gasteiger partial charge is 0.305 e. The maximum Gasteiger partial charge on any atom is 0.305 e. The summed E-state index contributed by atoms with van der Waals surface area (Å²) in [6.45, 7) is 1.85. The van der Waals surface area contributed by atoms with Crippen molar-refractivity contribution in [3.63, 3.8) is 0 Å². The van der Waals surface area contributed by atoms with Gasteiger partial charge in [0.15, 0.2) is 0 Å². The maximum absolute atomic E-state index is 13.0. The Morgan fingerprint density at radius 3 is 2.62 bits per heavy atom. The molecule has 116 valence electrons. The van der Waals surface area contributed by atoms with E-state index in [1.807, 2.05) is 6.92 Å². The monoisotopic (exact) mass is 302 g/mol. The summed E-state index contributed by atoms with van der Waals surface area (Å²) in [5, 5.41) is 22.2. The SMILES string of the molecule is CCCC(CC(=O)O)Nc1ccc([N+](=O)[O-])cc1C(F)F. The Hall–Kier alpha value is -2.25. The summed E-state index contributed by atoms with van der Waals surface area (Å²) in [6, 6.07) is 2.59. The predicted octanol–water partition coefficient (Wildman–Crippen LogP) is 3.59. The van der Waals surface area contributed by atoms with Gasteiger partial charge >= 0.3 is 5.97 Å². The number of halogens is 2. The van der Waals surface area contributed by atoms with Gasteiger partial charge in [-0.05, 0) is 12.5 Å². The number of carboxylic acid groups (broad SMARTS) is 1. The van der Waals surface area contributed by atoms with Crippen molar-refractivity contribution in [3.05, 3.63) is 33.9 Å². The summed E-state index contributed by atoms with van der Waals surface area (Å²) in [7, 11) is 0. The highest BCUT2D eigenvalue weighted by molar-refractivity contribution is 5.68. The van der Waals surface area contributed by atoms with E-state index in [1.54, 1.807) is 0 Å². The van der Waals surface area contributed by atoms with Crippen molar-refractivity contribution in [2.24, 2.45) is 0 Å². The number of nitrogens with one attached hydrogen (secondary N) is 1. The van der Waals surface area contributed by atoms with Crippen molar-refractivity contribution in [1.82, 2.24) is 0 Å². The third-order valence-corrected chi connectivity index (χ3v) is 2.90. The first kappa shape index (κ1) is 16.8. The summed E-state index contributed by atoms with van der Waals surface area (Å²) >= 11 is 0. The second-order valence-corrected chi connectivity index (χ2v) is 4.56. The van der Waals surface area contributed by atoms with Crippen LogP contribution in [0.5, 0.6) is 0 Å². The fourth-order valence-corrected chi connectivity index (χ4v) is 1.98. The third kappa shape index (κ3) is 4.97. The van der Waals surface area contributed by atoms with E-state index in [2.05, 4.69) is 5.32 Å². The van der Waals surface area contributed by atoms with Crippen LogP contribution in [0.15, 0.2) is 18.2 Å². The van der Waals surface area contributed by atoms with Crippen LogP contribution in [0.2, 0.25) is 0 Å². The van der Waals surface area contributed by atoms with Crippen LogP contribution in [0, 0.1) is 10.1 Å². The molecule has 6 nitrogen and oxygen atoms in total. The molecule has 0 bridgehead atoms. The highest BCUT2D eigenvalue weighted by atomic mass is 19.3. The molecule has 0 amide bonds. The summed E-state index contributed by atoms with van der Waals surface area (Å²) in [6.07, 6.45) is -1.93. The number of hydrogen-bond acceptors (Lipinski definition) is 4. The van der Waals surface area contributed by atoms with Crippen LogP contribution in [-0.2, 0) is 4.79 Å². The van der Waals surface area contributed by atoms with E-state index in [0.717, 1.165) is 12.1 Å². The first-order valence-electron chi connectivity index (χ1n) is 6.40. The zero-order chi connectivity index (χ0) is 16.0. The molecule has 0 aliphatic rings. The lowest BCUT2D eigenvalue weighted by Gasteiger charge is -2.19. The van der Waals surface area contributed by atoms with Gasteiger partial charge < -0.3 is 10.4 Å². The van der Waals surface area contributed by atoms with E-state index < -0.39 is 34.6 Å². The molecule has 0 saturated heterocycles. The number of nitro groups is 1. The van der Waals surface area contributed by atoms with Crippen molar-refractivity contribution in [1.29, 1.82) is 0 Å². The Morgan fingerprint density at radius 2 is 2.14 bits per heavy atom. The van der Waals surface area contributed by atoms with Crippen molar-refractivity contribution >= 4 is 17.3 Å². The molecule has 1 unspecified atom stereocenters. The highest BCUT2D eigenvalue weighted by Crippen LogP contribution is 2.31. The van der Waals surface area contributed by atoms with Gasteiger partial charge in [-0.15, -0.1) is 0 Å². The first-order chi connectivity index (χ1) is 9.85. The van der Waals surface area contributed by atoms with Crippen molar-refractivity contribution in [2.45, 2.75) is 38.7 Å². The minimum atomic E-state index is -2.89. The lowest BCUT2D eigenvalue weighted by atomic mass is 10.1. The van der Waals surface area contributed by atoms with Crippen LogP contribution in [0.1, 0.15) is 38.2 Å². The number of hydrogen-bond donors (Lipinski definition) is 2. The average Bonchev–Trinajstić information content (AvgIpc) is 2.38. The van der Waals surface area contributed by atoms with Gasteiger partial charge in [-0.25, -0.2) is 8.78 Å². The molecular formula is C13H16F2N2O4. The fourth-order valence-electron chi connectivity index (χ4n) is 1.98. The van der Waals surface area contributed by atoms with Gasteiger partial charge in [-0.3, -0.25) is 14.9 Å². The molecule has 0 spiro atoms. The van der Waals surface area contributed by atoms with Gasteiger partial charge in [0.1, 0.15) is 0 Å². The largest absolute Gasteiger partial charge is 0.481 e. The van der Waals surface area contributed by atoms with Gasteiger partial charge in [-0.1, -0.05) is 13.3 Å². The number of aliphatic carboxylic acids is 1.